The van der Waals surface area contributed by atoms with Crippen molar-refractivity contribution in [1.82, 2.24) is 4.57 Å². The van der Waals surface area contributed by atoms with E-state index >= 15 is 0 Å². The minimum absolute atomic E-state index is 0.0961. The molecule has 0 aliphatic carbocycles. The second kappa shape index (κ2) is 7.26. The number of aromatic nitrogens is 1. The van der Waals surface area contributed by atoms with Crippen LogP contribution in [-0.4, -0.2) is 23.5 Å². The van der Waals surface area contributed by atoms with Crippen LogP contribution in [0.5, 0.6) is 5.75 Å². The minimum Gasteiger partial charge on any atom is -0.495 e. The molecule has 0 aliphatic rings. The van der Waals surface area contributed by atoms with Crippen LogP contribution in [0.2, 0.25) is 0 Å². The fraction of sp³-hybridized carbons (Fsp3) is 0.188. The molecular weight excluding hydrogens is 298 g/mol. The van der Waals surface area contributed by atoms with Crippen molar-refractivity contribution in [2.75, 3.05) is 17.7 Å². The quantitative estimate of drug-likeness (QED) is 0.874. The number of hydrogen-bond donors (Lipinski definition) is 2. The summed E-state index contributed by atoms with van der Waals surface area (Å²) < 4.78 is 6.44. The average molecular weight is 315 g/mol. The van der Waals surface area contributed by atoms with E-state index in [0.717, 1.165) is 0 Å². The van der Waals surface area contributed by atoms with E-state index in [1.54, 1.807) is 36.5 Å². The van der Waals surface area contributed by atoms with Crippen LogP contribution in [0, 0.1) is 0 Å². The van der Waals surface area contributed by atoms with Gasteiger partial charge in [0, 0.05) is 24.9 Å². The molecule has 0 saturated heterocycles. The minimum atomic E-state index is -0.350. The molecule has 120 valence electrons. The van der Waals surface area contributed by atoms with Gasteiger partial charge in [-0.3, -0.25) is 14.4 Å². The lowest BCUT2D eigenvalue weighted by Crippen LogP contribution is -2.26. The molecule has 1 heterocycles. The maximum absolute atomic E-state index is 12.0. The van der Waals surface area contributed by atoms with E-state index < -0.39 is 0 Å². The molecule has 0 spiro atoms. The van der Waals surface area contributed by atoms with Crippen LogP contribution in [0.4, 0.5) is 11.4 Å². The average Bonchev–Trinajstić information content (AvgIpc) is 2.49. The number of rotatable bonds is 5. The van der Waals surface area contributed by atoms with Gasteiger partial charge in [-0.2, -0.15) is 0 Å². The molecule has 0 radical (unpaired) electrons. The summed E-state index contributed by atoms with van der Waals surface area (Å²) in [5, 5.41) is 5.30. The first-order valence-corrected chi connectivity index (χ1v) is 6.90. The maximum atomic E-state index is 12.0. The zero-order chi connectivity index (χ0) is 16.8. The van der Waals surface area contributed by atoms with Crippen LogP contribution in [0.1, 0.15) is 6.92 Å². The van der Waals surface area contributed by atoms with Gasteiger partial charge in [0.25, 0.3) is 5.56 Å². The Morgan fingerprint density at radius 3 is 2.61 bits per heavy atom. The molecule has 1 aromatic heterocycles. The third-order valence-electron chi connectivity index (χ3n) is 3.01. The van der Waals surface area contributed by atoms with Crippen molar-refractivity contribution >= 4 is 23.2 Å². The molecule has 7 nitrogen and oxygen atoms in total. The van der Waals surface area contributed by atoms with Gasteiger partial charge in [0.05, 0.1) is 12.8 Å². The summed E-state index contributed by atoms with van der Waals surface area (Å²) in [6.07, 6.45) is 1.54. The highest BCUT2D eigenvalue weighted by Crippen LogP contribution is 2.27. The number of carbonyl (C=O) groups excluding carboxylic acids is 2. The highest BCUT2D eigenvalue weighted by molar-refractivity contribution is 5.94. The second-order valence-electron chi connectivity index (χ2n) is 4.81. The molecule has 1 aromatic carbocycles. The second-order valence-corrected chi connectivity index (χ2v) is 4.81. The van der Waals surface area contributed by atoms with Gasteiger partial charge in [0.1, 0.15) is 12.3 Å². The van der Waals surface area contributed by atoms with E-state index in [0.29, 0.717) is 17.1 Å². The Morgan fingerprint density at radius 1 is 1.17 bits per heavy atom. The van der Waals surface area contributed by atoms with Gasteiger partial charge in [-0.05, 0) is 24.3 Å². The highest BCUT2D eigenvalue weighted by Gasteiger charge is 2.09. The molecule has 2 rings (SSSR count). The predicted molar refractivity (Wildman–Crippen MR) is 86.6 cm³/mol. The Kier molecular flexibility index (Phi) is 5.14. The third-order valence-corrected chi connectivity index (χ3v) is 3.01. The summed E-state index contributed by atoms with van der Waals surface area (Å²) in [4.78, 5) is 34.8. The van der Waals surface area contributed by atoms with Gasteiger partial charge in [-0.15, -0.1) is 0 Å². The van der Waals surface area contributed by atoms with Gasteiger partial charge in [-0.1, -0.05) is 6.07 Å². The first kappa shape index (κ1) is 16.3. The SMILES string of the molecule is COc1ccc(NC(=O)Cn2ccccc2=O)cc1NC(C)=O. The lowest BCUT2D eigenvalue weighted by atomic mass is 10.2. The fourth-order valence-electron chi connectivity index (χ4n) is 2.02. The van der Waals surface area contributed by atoms with E-state index in [1.807, 2.05) is 0 Å². The lowest BCUT2D eigenvalue weighted by molar-refractivity contribution is -0.117. The van der Waals surface area contributed by atoms with Gasteiger partial charge >= 0.3 is 0 Å². The maximum Gasteiger partial charge on any atom is 0.250 e. The van der Waals surface area contributed by atoms with Crippen LogP contribution in [0.3, 0.4) is 0 Å². The van der Waals surface area contributed by atoms with Crippen LogP contribution in [0.15, 0.2) is 47.4 Å². The molecule has 0 bridgehead atoms. The van der Waals surface area contributed by atoms with Crippen LogP contribution < -0.4 is 20.9 Å². The summed E-state index contributed by atoms with van der Waals surface area (Å²) >= 11 is 0. The highest BCUT2D eigenvalue weighted by atomic mass is 16.5. The van der Waals surface area contributed by atoms with Gasteiger partial charge in [0.15, 0.2) is 0 Å². The van der Waals surface area contributed by atoms with Gasteiger partial charge < -0.3 is 19.9 Å². The summed E-state index contributed by atoms with van der Waals surface area (Å²) in [5.41, 5.74) is 0.689. The van der Waals surface area contributed by atoms with E-state index in [-0.39, 0.29) is 23.9 Å². The molecule has 2 amide bonds. The lowest BCUT2D eigenvalue weighted by Gasteiger charge is -2.12. The summed E-state index contributed by atoms with van der Waals surface area (Å²) in [6.45, 7) is 1.29. The molecule has 0 fully saturated rings. The summed E-state index contributed by atoms with van der Waals surface area (Å²) in [6, 6.07) is 9.55. The van der Waals surface area contributed by atoms with Crippen molar-refractivity contribution in [2.45, 2.75) is 13.5 Å². The zero-order valence-electron chi connectivity index (χ0n) is 12.8. The van der Waals surface area contributed by atoms with E-state index in [4.69, 9.17) is 4.74 Å². The fourth-order valence-corrected chi connectivity index (χ4v) is 2.02. The number of benzene rings is 1. The Labute approximate surface area is 132 Å². The van der Waals surface area contributed by atoms with Crippen LogP contribution >= 0.6 is 0 Å². The molecule has 0 aliphatic heterocycles. The van der Waals surface area contributed by atoms with E-state index in [2.05, 4.69) is 10.6 Å². The van der Waals surface area contributed by atoms with Crippen molar-refractivity contribution in [3.05, 3.63) is 52.9 Å². The Balaban J connectivity index is 2.13. The number of anilines is 2. The standard InChI is InChI=1S/C16H17N3O4/c1-11(20)17-13-9-12(6-7-14(13)23-2)18-15(21)10-19-8-4-3-5-16(19)22/h3-9H,10H2,1-2H3,(H,17,20)(H,18,21). The van der Waals surface area contributed by atoms with Crippen molar-refractivity contribution in [3.8, 4) is 5.75 Å². The number of nitrogens with one attached hydrogen (secondary N) is 2. The van der Waals surface area contributed by atoms with Crippen molar-refractivity contribution in [2.24, 2.45) is 0 Å². The van der Waals surface area contributed by atoms with E-state index in [1.165, 1.54) is 24.7 Å². The number of methoxy groups -OCH3 is 1. The summed E-state index contributed by atoms with van der Waals surface area (Å²) in [7, 11) is 1.49. The monoisotopic (exact) mass is 315 g/mol. The van der Waals surface area contributed by atoms with Gasteiger partial charge in [0.2, 0.25) is 11.8 Å². The number of amides is 2. The number of ether oxygens (including phenoxy) is 1. The first-order chi connectivity index (χ1) is 11.0. The number of pyridine rings is 1. The Bertz CT molecular complexity index is 783. The van der Waals surface area contributed by atoms with Gasteiger partial charge in [-0.25, -0.2) is 0 Å². The zero-order valence-corrected chi connectivity index (χ0v) is 12.8. The number of carbonyl (C=O) groups is 2. The molecule has 0 saturated carbocycles. The van der Waals surface area contributed by atoms with Crippen molar-refractivity contribution in [1.29, 1.82) is 0 Å². The Hall–Kier alpha value is -3.09. The first-order valence-electron chi connectivity index (χ1n) is 6.90. The molecular formula is C16H17N3O4. The molecule has 2 N–H and O–H groups in total. The molecule has 2 aromatic rings. The number of hydrogen-bond acceptors (Lipinski definition) is 4. The molecule has 0 unspecified atom stereocenters. The van der Waals surface area contributed by atoms with Crippen LogP contribution in [0.25, 0.3) is 0 Å². The molecule has 0 atom stereocenters. The molecule has 7 heteroatoms. The predicted octanol–water partition coefficient (Wildman–Crippen LogP) is 1.45. The third kappa shape index (κ3) is 4.44. The van der Waals surface area contributed by atoms with Crippen molar-refractivity contribution in [3.63, 3.8) is 0 Å². The largest absolute Gasteiger partial charge is 0.495 e. The number of nitrogens with zero attached hydrogens (tertiary/aromatic N) is 1. The van der Waals surface area contributed by atoms with Crippen molar-refractivity contribution < 1.29 is 14.3 Å². The smallest absolute Gasteiger partial charge is 0.250 e. The Morgan fingerprint density at radius 2 is 1.96 bits per heavy atom. The van der Waals surface area contributed by atoms with Crippen LogP contribution in [-0.2, 0) is 16.1 Å². The molecule has 23 heavy (non-hydrogen) atoms. The summed E-state index contributed by atoms with van der Waals surface area (Å²) in [5.74, 6) is -0.114. The topological polar surface area (TPSA) is 89.4 Å². The van der Waals surface area contributed by atoms with E-state index in [9.17, 15) is 14.4 Å². The normalized spacial score (nSPS) is 10.0.